The second-order valence-corrected chi connectivity index (χ2v) is 7.18. The van der Waals surface area contributed by atoms with Crippen molar-refractivity contribution in [1.82, 2.24) is 20.2 Å². The molecule has 2 fully saturated rings. The Morgan fingerprint density at radius 3 is 2.50 bits per heavy atom. The molecular formula is C19H26N4O3. The second-order valence-electron chi connectivity index (χ2n) is 7.18. The van der Waals surface area contributed by atoms with Crippen LogP contribution in [0.3, 0.4) is 0 Å². The summed E-state index contributed by atoms with van der Waals surface area (Å²) in [5.74, 6) is 1.03. The number of nitrogens with zero attached hydrogens (tertiary/aromatic N) is 2. The number of amides is 2. The van der Waals surface area contributed by atoms with Gasteiger partial charge in [-0.25, -0.2) is 4.98 Å². The molecule has 2 heterocycles. The van der Waals surface area contributed by atoms with Gasteiger partial charge in [0.15, 0.2) is 0 Å². The van der Waals surface area contributed by atoms with Crippen LogP contribution < -0.4 is 10.9 Å². The van der Waals surface area contributed by atoms with Crippen LogP contribution in [0.25, 0.3) is 0 Å². The van der Waals surface area contributed by atoms with E-state index in [1.807, 2.05) is 0 Å². The first-order chi connectivity index (χ1) is 12.6. The van der Waals surface area contributed by atoms with Crippen LogP contribution in [-0.4, -0.2) is 45.8 Å². The standard InChI is InChI=1S/C19H26N4O3/c1-2-17(25)23-11-8-14(9-12-23)19(26)21-15-5-3-13(4-6-15)18-20-10-7-16(24)22-18/h2,7,10,13-15H,1,3-6,8-9,11-12H2,(H,21,26)(H,20,22,24). The van der Waals surface area contributed by atoms with Crippen molar-refractivity contribution in [2.45, 2.75) is 50.5 Å². The SMILES string of the molecule is C=CC(=O)N1CCC(C(=O)NC2CCC(c3nccc(=O)[nH]3)CC2)CC1. The lowest BCUT2D eigenvalue weighted by molar-refractivity contribution is -0.132. The first-order valence-corrected chi connectivity index (χ1v) is 9.33. The summed E-state index contributed by atoms with van der Waals surface area (Å²) < 4.78 is 0. The summed E-state index contributed by atoms with van der Waals surface area (Å²) in [4.78, 5) is 44.4. The van der Waals surface area contributed by atoms with Crippen molar-refractivity contribution >= 4 is 11.8 Å². The minimum atomic E-state index is -0.119. The van der Waals surface area contributed by atoms with Crippen molar-refractivity contribution < 1.29 is 9.59 Å². The average Bonchev–Trinajstić information content (AvgIpc) is 2.68. The predicted molar refractivity (Wildman–Crippen MR) is 97.5 cm³/mol. The number of hydrogen-bond donors (Lipinski definition) is 2. The number of carbonyl (C=O) groups is 2. The number of hydrogen-bond acceptors (Lipinski definition) is 4. The molecule has 1 aromatic heterocycles. The Bertz CT molecular complexity index is 713. The van der Waals surface area contributed by atoms with E-state index in [-0.39, 0.29) is 35.3 Å². The molecule has 7 nitrogen and oxygen atoms in total. The fourth-order valence-corrected chi connectivity index (χ4v) is 3.91. The average molecular weight is 358 g/mol. The Labute approximate surface area is 152 Å². The minimum Gasteiger partial charge on any atom is -0.353 e. The van der Waals surface area contributed by atoms with Crippen LogP contribution in [0.5, 0.6) is 0 Å². The molecule has 0 bridgehead atoms. The van der Waals surface area contributed by atoms with Gasteiger partial charge in [-0.15, -0.1) is 0 Å². The smallest absolute Gasteiger partial charge is 0.250 e. The van der Waals surface area contributed by atoms with E-state index in [0.29, 0.717) is 25.9 Å². The highest BCUT2D eigenvalue weighted by atomic mass is 16.2. The van der Waals surface area contributed by atoms with Crippen molar-refractivity contribution in [3.63, 3.8) is 0 Å². The normalized spacial score (nSPS) is 24.1. The van der Waals surface area contributed by atoms with E-state index < -0.39 is 0 Å². The number of aromatic nitrogens is 2. The monoisotopic (exact) mass is 358 g/mol. The van der Waals surface area contributed by atoms with Gasteiger partial charge in [0, 0.05) is 43.2 Å². The van der Waals surface area contributed by atoms with Gasteiger partial charge in [0.1, 0.15) is 5.82 Å². The number of likely N-dealkylation sites (tertiary alicyclic amines) is 1. The third-order valence-corrected chi connectivity index (χ3v) is 5.50. The van der Waals surface area contributed by atoms with Gasteiger partial charge in [0.05, 0.1) is 0 Å². The lowest BCUT2D eigenvalue weighted by atomic mass is 9.85. The summed E-state index contributed by atoms with van der Waals surface area (Å²) in [6, 6.07) is 1.60. The first kappa shape index (κ1) is 18.4. The quantitative estimate of drug-likeness (QED) is 0.794. The number of nitrogens with one attached hydrogen (secondary N) is 2. The predicted octanol–water partition coefficient (Wildman–Crippen LogP) is 1.34. The molecule has 1 aromatic rings. The van der Waals surface area contributed by atoms with Crippen LogP contribution in [0.15, 0.2) is 29.7 Å². The molecule has 0 unspecified atom stereocenters. The zero-order valence-electron chi connectivity index (χ0n) is 14.9. The Morgan fingerprint density at radius 2 is 1.88 bits per heavy atom. The summed E-state index contributed by atoms with van der Waals surface area (Å²) in [6.45, 7) is 4.73. The van der Waals surface area contributed by atoms with Gasteiger partial charge in [0.25, 0.3) is 5.56 Å². The van der Waals surface area contributed by atoms with Crippen molar-refractivity contribution in [1.29, 1.82) is 0 Å². The minimum absolute atomic E-state index is 0.0197. The van der Waals surface area contributed by atoms with Crippen LogP contribution in [0.1, 0.15) is 50.3 Å². The molecule has 1 saturated heterocycles. The molecule has 0 spiro atoms. The van der Waals surface area contributed by atoms with E-state index in [1.54, 1.807) is 11.1 Å². The molecule has 0 aromatic carbocycles. The maximum atomic E-state index is 12.5. The van der Waals surface area contributed by atoms with Gasteiger partial charge in [0.2, 0.25) is 11.8 Å². The van der Waals surface area contributed by atoms with Gasteiger partial charge in [-0.1, -0.05) is 6.58 Å². The first-order valence-electron chi connectivity index (χ1n) is 9.33. The molecule has 26 heavy (non-hydrogen) atoms. The molecule has 1 aliphatic carbocycles. The van der Waals surface area contributed by atoms with Gasteiger partial charge >= 0.3 is 0 Å². The number of carbonyl (C=O) groups excluding carboxylic acids is 2. The summed E-state index contributed by atoms with van der Waals surface area (Å²) in [6.07, 6.45) is 7.88. The molecule has 140 valence electrons. The van der Waals surface area contributed by atoms with Crippen molar-refractivity contribution in [3.05, 3.63) is 41.1 Å². The van der Waals surface area contributed by atoms with Gasteiger partial charge in [-0.2, -0.15) is 0 Å². The fraction of sp³-hybridized carbons (Fsp3) is 0.579. The number of piperidine rings is 1. The van der Waals surface area contributed by atoms with Crippen LogP contribution in [-0.2, 0) is 9.59 Å². The molecular weight excluding hydrogens is 332 g/mol. The Balaban J connectivity index is 1.44. The van der Waals surface area contributed by atoms with E-state index in [2.05, 4.69) is 21.9 Å². The van der Waals surface area contributed by atoms with Crippen LogP contribution >= 0.6 is 0 Å². The molecule has 0 atom stereocenters. The van der Waals surface area contributed by atoms with Gasteiger partial charge in [-0.3, -0.25) is 14.4 Å². The molecule has 3 rings (SSSR count). The maximum Gasteiger partial charge on any atom is 0.250 e. The topological polar surface area (TPSA) is 95.2 Å². The molecule has 2 aliphatic rings. The molecule has 7 heteroatoms. The molecule has 2 amide bonds. The van der Waals surface area contributed by atoms with Gasteiger partial charge < -0.3 is 15.2 Å². The van der Waals surface area contributed by atoms with E-state index in [1.165, 1.54) is 12.1 Å². The molecule has 0 radical (unpaired) electrons. The molecule has 1 aliphatic heterocycles. The van der Waals surface area contributed by atoms with Crippen LogP contribution in [0.4, 0.5) is 0 Å². The fourth-order valence-electron chi connectivity index (χ4n) is 3.91. The van der Waals surface area contributed by atoms with Gasteiger partial charge in [-0.05, 0) is 44.6 Å². The highest BCUT2D eigenvalue weighted by molar-refractivity contribution is 5.87. The summed E-state index contributed by atoms with van der Waals surface area (Å²) in [7, 11) is 0. The largest absolute Gasteiger partial charge is 0.353 e. The summed E-state index contributed by atoms with van der Waals surface area (Å²) in [5, 5.41) is 3.18. The Morgan fingerprint density at radius 1 is 1.19 bits per heavy atom. The highest BCUT2D eigenvalue weighted by Crippen LogP contribution is 2.30. The summed E-state index contributed by atoms with van der Waals surface area (Å²) >= 11 is 0. The number of rotatable bonds is 4. The Kier molecular flexibility index (Phi) is 5.85. The summed E-state index contributed by atoms with van der Waals surface area (Å²) in [5.41, 5.74) is -0.119. The second kappa shape index (κ2) is 8.29. The lowest BCUT2D eigenvalue weighted by Gasteiger charge is -2.33. The van der Waals surface area contributed by atoms with Crippen LogP contribution in [0, 0.1) is 5.92 Å². The van der Waals surface area contributed by atoms with Crippen LogP contribution in [0.2, 0.25) is 0 Å². The molecule has 2 N–H and O–H groups in total. The van der Waals surface area contributed by atoms with E-state index in [4.69, 9.17) is 0 Å². The van der Waals surface area contributed by atoms with Crippen molar-refractivity contribution in [2.24, 2.45) is 5.92 Å². The molecule has 1 saturated carbocycles. The third kappa shape index (κ3) is 4.39. The zero-order chi connectivity index (χ0) is 18.5. The highest BCUT2D eigenvalue weighted by Gasteiger charge is 2.30. The van der Waals surface area contributed by atoms with E-state index in [0.717, 1.165) is 31.5 Å². The number of aromatic amines is 1. The van der Waals surface area contributed by atoms with E-state index in [9.17, 15) is 14.4 Å². The number of H-pyrrole nitrogens is 1. The van der Waals surface area contributed by atoms with E-state index >= 15 is 0 Å². The lowest BCUT2D eigenvalue weighted by Crippen LogP contribution is -2.45. The van der Waals surface area contributed by atoms with Crippen molar-refractivity contribution in [3.8, 4) is 0 Å². The Hall–Kier alpha value is -2.44. The maximum absolute atomic E-state index is 12.5. The zero-order valence-corrected chi connectivity index (χ0v) is 14.9. The van der Waals surface area contributed by atoms with Crippen molar-refractivity contribution in [2.75, 3.05) is 13.1 Å². The third-order valence-electron chi connectivity index (χ3n) is 5.50.